The molecule has 0 saturated carbocycles. The van der Waals surface area contributed by atoms with Crippen LogP contribution in [0.3, 0.4) is 0 Å². The summed E-state index contributed by atoms with van der Waals surface area (Å²) in [4.78, 5) is 0. The highest BCUT2D eigenvalue weighted by Gasteiger charge is 2.07. The Kier molecular flexibility index (Phi) is 7.97. The first kappa shape index (κ1) is 17.6. The van der Waals surface area contributed by atoms with Gasteiger partial charge in [-0.3, -0.25) is 0 Å². The summed E-state index contributed by atoms with van der Waals surface area (Å²) in [5.74, 6) is 5.73. The molecule has 0 saturated heterocycles. The fraction of sp³-hybridized carbons (Fsp3) is 0.429. The van der Waals surface area contributed by atoms with Crippen molar-refractivity contribution in [2.45, 2.75) is 13.0 Å². The van der Waals surface area contributed by atoms with Crippen molar-refractivity contribution in [2.24, 2.45) is 0 Å². The molecule has 0 atom stereocenters. The molecule has 0 bridgehead atoms. The van der Waals surface area contributed by atoms with Gasteiger partial charge in [0.1, 0.15) is 0 Å². The van der Waals surface area contributed by atoms with Crippen LogP contribution in [0.4, 0.5) is 0 Å². The molecule has 1 rings (SSSR count). The largest absolute Gasteiger partial charge is 0.395 e. The minimum atomic E-state index is -3.52. The van der Waals surface area contributed by atoms with Gasteiger partial charge in [-0.25, -0.2) is 0 Å². The first-order valence-corrected chi connectivity index (χ1v) is 7.97. The quantitative estimate of drug-likeness (QED) is 0.465. The fourth-order valence-electron chi connectivity index (χ4n) is 1.43. The predicted molar refractivity (Wildman–Crippen MR) is 80.7 cm³/mol. The van der Waals surface area contributed by atoms with E-state index in [1.165, 1.54) is 7.11 Å². The lowest BCUT2D eigenvalue weighted by atomic mass is 10.1. The molecule has 0 fully saturated rings. The Labute approximate surface area is 125 Å². The third-order valence-electron chi connectivity index (χ3n) is 2.49. The molecule has 0 spiro atoms. The molecule has 1 aromatic rings. The van der Waals surface area contributed by atoms with E-state index < -0.39 is 10.2 Å². The van der Waals surface area contributed by atoms with Gasteiger partial charge in [-0.15, -0.1) is 0 Å². The monoisotopic (exact) mass is 312 g/mol. The summed E-state index contributed by atoms with van der Waals surface area (Å²) in [5.41, 5.74) is 1.66. The van der Waals surface area contributed by atoms with Gasteiger partial charge in [-0.05, 0) is 17.7 Å². The number of hydrogen-bond donors (Lipinski definition) is 3. The average molecular weight is 312 g/mol. The summed E-state index contributed by atoms with van der Waals surface area (Å²) in [7, 11) is -2.01. The molecule has 0 aliphatic rings. The highest BCUT2D eigenvalue weighted by Crippen LogP contribution is 2.03. The maximum atomic E-state index is 11.6. The molecule has 3 N–H and O–H groups in total. The van der Waals surface area contributed by atoms with Gasteiger partial charge in [0.15, 0.2) is 0 Å². The van der Waals surface area contributed by atoms with E-state index in [0.717, 1.165) is 11.1 Å². The van der Waals surface area contributed by atoms with Gasteiger partial charge in [0, 0.05) is 32.2 Å². The molecule has 6 nitrogen and oxygen atoms in total. The fourth-order valence-corrected chi connectivity index (χ4v) is 2.24. The topological polar surface area (TPSA) is 87.7 Å². The van der Waals surface area contributed by atoms with Crippen molar-refractivity contribution in [1.82, 2.24) is 9.44 Å². The number of hydrogen-bond acceptors (Lipinski definition) is 4. The van der Waals surface area contributed by atoms with Gasteiger partial charge in [0.25, 0.3) is 10.2 Å². The Morgan fingerprint density at radius 2 is 1.95 bits per heavy atom. The number of aliphatic hydroxyl groups is 1. The summed E-state index contributed by atoms with van der Waals surface area (Å²) in [6.07, 6.45) is 0.439. The second-order valence-corrected chi connectivity index (χ2v) is 5.77. The van der Waals surface area contributed by atoms with E-state index in [-0.39, 0.29) is 19.7 Å². The zero-order valence-corrected chi connectivity index (χ0v) is 12.7. The summed E-state index contributed by atoms with van der Waals surface area (Å²) < 4.78 is 32.8. The number of ether oxygens (including phenoxy) is 1. The molecule has 0 aromatic heterocycles. The van der Waals surface area contributed by atoms with Gasteiger partial charge >= 0.3 is 0 Å². The smallest absolute Gasteiger partial charge is 0.277 e. The molecule has 1 aromatic carbocycles. The molecule has 0 radical (unpaired) electrons. The summed E-state index contributed by atoms with van der Waals surface area (Å²) in [5, 5.41) is 8.63. The average Bonchev–Trinajstić information content (AvgIpc) is 2.47. The van der Waals surface area contributed by atoms with Crippen LogP contribution in [0.25, 0.3) is 0 Å². The van der Waals surface area contributed by atoms with E-state index in [0.29, 0.717) is 13.0 Å². The third kappa shape index (κ3) is 7.80. The van der Waals surface area contributed by atoms with Crippen LogP contribution in [0.1, 0.15) is 17.5 Å². The second kappa shape index (κ2) is 9.50. The normalized spacial score (nSPS) is 11.0. The van der Waals surface area contributed by atoms with Crippen molar-refractivity contribution in [3.05, 3.63) is 35.4 Å². The van der Waals surface area contributed by atoms with E-state index in [2.05, 4.69) is 21.3 Å². The minimum Gasteiger partial charge on any atom is -0.395 e. The SMILES string of the molecule is COCCNS(=O)(=O)NCc1ccc(C#CCCO)cc1. The molecule has 0 heterocycles. The van der Waals surface area contributed by atoms with Crippen molar-refractivity contribution in [3.63, 3.8) is 0 Å². The first-order valence-electron chi connectivity index (χ1n) is 6.49. The molecular weight excluding hydrogens is 292 g/mol. The number of benzene rings is 1. The number of rotatable bonds is 8. The molecule has 0 aliphatic carbocycles. The van der Waals surface area contributed by atoms with Gasteiger partial charge < -0.3 is 9.84 Å². The van der Waals surface area contributed by atoms with Crippen LogP contribution in [0, 0.1) is 11.8 Å². The second-order valence-electron chi connectivity index (χ2n) is 4.18. The molecule has 0 amide bonds. The minimum absolute atomic E-state index is 0.0446. The Bertz CT molecular complexity index is 573. The Balaban J connectivity index is 2.47. The third-order valence-corrected chi connectivity index (χ3v) is 3.60. The lowest BCUT2D eigenvalue weighted by molar-refractivity contribution is 0.204. The van der Waals surface area contributed by atoms with E-state index >= 15 is 0 Å². The van der Waals surface area contributed by atoms with Crippen LogP contribution < -0.4 is 9.44 Å². The van der Waals surface area contributed by atoms with Crippen molar-refractivity contribution in [2.75, 3.05) is 26.9 Å². The van der Waals surface area contributed by atoms with Crippen LogP contribution in [0.15, 0.2) is 24.3 Å². The van der Waals surface area contributed by atoms with Crippen molar-refractivity contribution >= 4 is 10.2 Å². The Hall–Kier alpha value is -1.43. The van der Waals surface area contributed by atoms with Crippen molar-refractivity contribution in [1.29, 1.82) is 0 Å². The number of nitrogens with one attached hydrogen (secondary N) is 2. The maximum absolute atomic E-state index is 11.6. The molecular formula is C14H20N2O4S. The van der Waals surface area contributed by atoms with Gasteiger partial charge in [0.05, 0.1) is 13.2 Å². The standard InChI is InChI=1S/C14H20N2O4S/c1-20-11-9-15-21(18,19)16-12-14-7-5-13(6-8-14)4-2-3-10-17/h5-8,15-17H,3,9-12H2,1H3. The zero-order chi connectivity index (χ0) is 15.6. The summed E-state index contributed by atoms with van der Waals surface area (Å²) >= 11 is 0. The first-order chi connectivity index (χ1) is 10.1. The van der Waals surface area contributed by atoms with Gasteiger partial charge in [-0.1, -0.05) is 24.0 Å². The van der Waals surface area contributed by atoms with Gasteiger partial charge in [-0.2, -0.15) is 17.9 Å². The van der Waals surface area contributed by atoms with E-state index in [1.54, 1.807) is 12.1 Å². The van der Waals surface area contributed by atoms with Crippen LogP contribution in [0.5, 0.6) is 0 Å². The van der Waals surface area contributed by atoms with Gasteiger partial charge in [0.2, 0.25) is 0 Å². The molecule has 116 valence electrons. The van der Waals surface area contributed by atoms with E-state index in [4.69, 9.17) is 9.84 Å². The zero-order valence-electron chi connectivity index (χ0n) is 11.9. The van der Waals surface area contributed by atoms with Crippen molar-refractivity contribution in [3.8, 4) is 11.8 Å². The molecule has 7 heteroatoms. The Morgan fingerprint density at radius 3 is 2.57 bits per heavy atom. The lowest BCUT2D eigenvalue weighted by Gasteiger charge is -2.08. The molecule has 0 aliphatic heterocycles. The Morgan fingerprint density at radius 1 is 1.24 bits per heavy atom. The van der Waals surface area contributed by atoms with Crippen LogP contribution in [0.2, 0.25) is 0 Å². The highest BCUT2D eigenvalue weighted by atomic mass is 32.2. The predicted octanol–water partition coefficient (Wildman–Crippen LogP) is -0.00910. The number of methoxy groups -OCH3 is 1. The lowest BCUT2D eigenvalue weighted by Crippen LogP contribution is -2.37. The van der Waals surface area contributed by atoms with Crippen molar-refractivity contribution < 1.29 is 18.3 Å². The maximum Gasteiger partial charge on any atom is 0.277 e. The number of aliphatic hydroxyl groups excluding tert-OH is 1. The van der Waals surface area contributed by atoms with Crippen LogP contribution in [-0.2, 0) is 21.5 Å². The van der Waals surface area contributed by atoms with E-state index in [1.807, 2.05) is 12.1 Å². The highest BCUT2D eigenvalue weighted by molar-refractivity contribution is 7.87. The summed E-state index contributed by atoms with van der Waals surface area (Å²) in [6.45, 7) is 0.795. The molecule has 0 unspecified atom stereocenters. The molecule has 21 heavy (non-hydrogen) atoms. The van der Waals surface area contributed by atoms with Crippen LogP contribution >= 0.6 is 0 Å². The van der Waals surface area contributed by atoms with E-state index in [9.17, 15) is 8.42 Å². The summed E-state index contributed by atoms with van der Waals surface area (Å²) in [6, 6.07) is 7.24. The van der Waals surface area contributed by atoms with Crippen LogP contribution in [-0.4, -0.2) is 40.4 Å².